The molecular weight excluding hydrogens is 445 g/mol. The molecule has 182 valence electrons. The Morgan fingerprint density at radius 1 is 1.06 bits per heavy atom. The highest BCUT2D eigenvalue weighted by Gasteiger charge is 2.38. The molecule has 1 saturated carbocycles. The summed E-state index contributed by atoms with van der Waals surface area (Å²) in [6, 6.07) is 9.50. The van der Waals surface area contributed by atoms with Crippen LogP contribution in [0.3, 0.4) is 0 Å². The zero-order valence-electron chi connectivity index (χ0n) is 19.0. The number of piperidine rings is 1. The molecule has 1 saturated heterocycles. The number of amides is 1. The molecule has 1 aromatic heterocycles. The third-order valence-corrected chi connectivity index (χ3v) is 6.82. The minimum absolute atomic E-state index is 0.199. The van der Waals surface area contributed by atoms with E-state index >= 15 is 0 Å². The van der Waals surface area contributed by atoms with Gasteiger partial charge >= 0.3 is 0 Å². The van der Waals surface area contributed by atoms with E-state index in [2.05, 4.69) is 11.9 Å². The van der Waals surface area contributed by atoms with E-state index in [0.29, 0.717) is 48.5 Å². The summed E-state index contributed by atoms with van der Waals surface area (Å²) in [5, 5.41) is 19.3. The molecule has 5 nitrogen and oxygen atoms in total. The van der Waals surface area contributed by atoms with Gasteiger partial charge in [-0.3, -0.25) is 4.79 Å². The van der Waals surface area contributed by atoms with Crippen LogP contribution in [0.1, 0.15) is 32.6 Å². The van der Waals surface area contributed by atoms with Gasteiger partial charge in [0.05, 0.1) is 17.7 Å². The Hall–Kier alpha value is -2.84. The highest BCUT2D eigenvalue weighted by molar-refractivity contribution is 5.86. The van der Waals surface area contributed by atoms with E-state index in [1.807, 2.05) is 4.90 Å². The Morgan fingerprint density at radius 2 is 1.71 bits per heavy atom. The Balaban J connectivity index is 0.000000162. The van der Waals surface area contributed by atoms with Crippen molar-refractivity contribution in [2.45, 2.75) is 38.2 Å². The number of aromatic amines is 1. The van der Waals surface area contributed by atoms with Crippen LogP contribution in [-0.4, -0.2) is 51.3 Å². The van der Waals surface area contributed by atoms with Crippen molar-refractivity contribution in [3.8, 4) is 11.3 Å². The van der Waals surface area contributed by atoms with Gasteiger partial charge in [-0.25, -0.2) is 13.2 Å². The molecular formula is C26H29F3N2O3. The van der Waals surface area contributed by atoms with Gasteiger partial charge in [-0.2, -0.15) is 0 Å². The molecule has 3 N–H and O–H groups in total. The second kappa shape index (κ2) is 9.80. The second-order valence-electron chi connectivity index (χ2n) is 9.52. The quantitative estimate of drug-likeness (QED) is 0.518. The fraction of sp³-hybridized carbons (Fsp3) is 0.423. The Morgan fingerprint density at radius 3 is 2.29 bits per heavy atom. The highest BCUT2D eigenvalue weighted by atomic mass is 19.1. The number of hydrogen-bond donors (Lipinski definition) is 3. The van der Waals surface area contributed by atoms with Crippen LogP contribution in [0.5, 0.6) is 0 Å². The number of carbonyl (C=O) groups excluding carboxylic acids is 1. The molecule has 3 aromatic rings. The first kappa shape index (κ1) is 24.3. The number of aromatic nitrogens is 1. The number of likely N-dealkylation sites (tertiary alicyclic amines) is 1. The summed E-state index contributed by atoms with van der Waals surface area (Å²) in [5.74, 6) is -0.448. The van der Waals surface area contributed by atoms with Crippen LogP contribution in [0.25, 0.3) is 22.2 Å². The predicted octanol–water partition coefficient (Wildman–Crippen LogP) is 4.63. The zero-order chi connectivity index (χ0) is 24.5. The first-order valence-corrected chi connectivity index (χ1v) is 11.5. The SMILES string of the molecule is CC1CC(C(=O)N2CCC(O)(CO)CC2)C1.Fc1ccc(-c2cc3cc(F)cc(F)c3[nH]2)cc1. The molecule has 1 aliphatic heterocycles. The summed E-state index contributed by atoms with van der Waals surface area (Å²) in [6.45, 7) is 3.14. The first-order valence-electron chi connectivity index (χ1n) is 11.5. The lowest BCUT2D eigenvalue weighted by molar-refractivity contribution is -0.145. The van der Waals surface area contributed by atoms with Crippen LogP contribution in [0.2, 0.25) is 0 Å². The number of aliphatic hydroxyl groups excluding tert-OH is 1. The Bertz CT molecular complexity index is 1150. The molecule has 8 heteroatoms. The van der Waals surface area contributed by atoms with Crippen molar-refractivity contribution >= 4 is 16.8 Å². The van der Waals surface area contributed by atoms with Crippen LogP contribution in [0.4, 0.5) is 13.2 Å². The van der Waals surface area contributed by atoms with Crippen molar-refractivity contribution in [2.75, 3.05) is 19.7 Å². The number of fused-ring (bicyclic) bond motifs is 1. The van der Waals surface area contributed by atoms with Gasteiger partial charge in [0.2, 0.25) is 5.91 Å². The standard InChI is InChI=1S/C14H8F3N.C12H21NO3/c15-10-3-1-8(2-4-10)13-6-9-5-11(16)7-12(17)14(9)18-13;1-9-6-10(7-9)11(15)13-4-2-12(16,8-14)3-5-13/h1-7,18H;9-10,14,16H,2-8H2,1H3. The number of halogens is 3. The minimum atomic E-state index is -0.955. The van der Waals surface area contributed by atoms with Crippen LogP contribution in [-0.2, 0) is 4.79 Å². The average Bonchev–Trinajstić information content (AvgIpc) is 3.22. The number of nitrogens with zero attached hydrogens (tertiary/aromatic N) is 1. The van der Waals surface area contributed by atoms with Crippen molar-refractivity contribution in [1.29, 1.82) is 0 Å². The fourth-order valence-electron chi connectivity index (χ4n) is 4.61. The van der Waals surface area contributed by atoms with E-state index < -0.39 is 17.2 Å². The van der Waals surface area contributed by atoms with Gasteiger partial charge in [-0.15, -0.1) is 0 Å². The van der Waals surface area contributed by atoms with Crippen LogP contribution in [0, 0.1) is 29.3 Å². The van der Waals surface area contributed by atoms with E-state index in [-0.39, 0.29) is 29.8 Å². The maximum absolute atomic E-state index is 13.5. The number of hydrogen-bond acceptors (Lipinski definition) is 3. The van der Waals surface area contributed by atoms with Gasteiger partial charge in [0, 0.05) is 36.2 Å². The second-order valence-corrected chi connectivity index (χ2v) is 9.52. The molecule has 2 aromatic carbocycles. The summed E-state index contributed by atoms with van der Waals surface area (Å²) in [7, 11) is 0. The van der Waals surface area contributed by atoms with Gasteiger partial charge in [0.15, 0.2) is 0 Å². The molecule has 0 unspecified atom stereocenters. The average molecular weight is 475 g/mol. The summed E-state index contributed by atoms with van der Waals surface area (Å²) in [4.78, 5) is 16.7. The van der Waals surface area contributed by atoms with Gasteiger partial charge in [0.1, 0.15) is 17.5 Å². The van der Waals surface area contributed by atoms with E-state index in [0.717, 1.165) is 18.9 Å². The Labute approximate surface area is 196 Å². The van der Waals surface area contributed by atoms with Crippen molar-refractivity contribution in [3.05, 3.63) is 59.9 Å². The number of benzene rings is 2. The zero-order valence-corrected chi connectivity index (χ0v) is 19.0. The van der Waals surface area contributed by atoms with E-state index in [9.17, 15) is 23.1 Å². The molecule has 34 heavy (non-hydrogen) atoms. The minimum Gasteiger partial charge on any atom is -0.393 e. The largest absolute Gasteiger partial charge is 0.393 e. The molecule has 2 aliphatic rings. The molecule has 0 spiro atoms. The van der Waals surface area contributed by atoms with E-state index in [4.69, 9.17) is 5.11 Å². The molecule has 5 rings (SSSR count). The molecule has 0 atom stereocenters. The van der Waals surface area contributed by atoms with Crippen LogP contribution < -0.4 is 0 Å². The smallest absolute Gasteiger partial charge is 0.225 e. The number of carbonyl (C=O) groups is 1. The van der Waals surface area contributed by atoms with Gasteiger partial charge in [-0.05, 0) is 73.6 Å². The van der Waals surface area contributed by atoms with E-state index in [1.54, 1.807) is 18.2 Å². The number of H-pyrrole nitrogens is 1. The molecule has 2 heterocycles. The normalized spacial score (nSPS) is 21.5. The lowest BCUT2D eigenvalue weighted by Gasteiger charge is -2.41. The third kappa shape index (κ3) is 5.28. The molecule has 1 amide bonds. The highest BCUT2D eigenvalue weighted by Crippen LogP contribution is 2.35. The van der Waals surface area contributed by atoms with Crippen LogP contribution >= 0.6 is 0 Å². The summed E-state index contributed by atoms with van der Waals surface area (Å²) < 4.78 is 39.4. The number of aliphatic hydroxyl groups is 2. The van der Waals surface area contributed by atoms with Crippen molar-refractivity contribution in [1.82, 2.24) is 9.88 Å². The first-order chi connectivity index (χ1) is 16.2. The fourth-order valence-corrected chi connectivity index (χ4v) is 4.61. The number of nitrogens with one attached hydrogen (secondary N) is 1. The summed E-state index contributed by atoms with van der Waals surface area (Å²) >= 11 is 0. The van der Waals surface area contributed by atoms with Crippen molar-refractivity contribution in [3.63, 3.8) is 0 Å². The van der Waals surface area contributed by atoms with Gasteiger partial charge in [0.25, 0.3) is 0 Å². The third-order valence-electron chi connectivity index (χ3n) is 6.82. The maximum Gasteiger partial charge on any atom is 0.225 e. The van der Waals surface area contributed by atoms with Crippen molar-refractivity contribution in [2.24, 2.45) is 11.8 Å². The monoisotopic (exact) mass is 474 g/mol. The molecule has 0 bridgehead atoms. The summed E-state index contributed by atoms with van der Waals surface area (Å²) in [5.41, 5.74) is 0.626. The predicted molar refractivity (Wildman–Crippen MR) is 123 cm³/mol. The lowest BCUT2D eigenvalue weighted by atomic mass is 9.75. The molecule has 2 fully saturated rings. The summed E-state index contributed by atoms with van der Waals surface area (Å²) in [6.07, 6.45) is 3.02. The molecule has 1 aliphatic carbocycles. The maximum atomic E-state index is 13.5. The Kier molecular flexibility index (Phi) is 7.00. The van der Waals surface area contributed by atoms with Crippen LogP contribution in [0.15, 0.2) is 42.5 Å². The lowest BCUT2D eigenvalue weighted by Crippen LogP contribution is -2.51. The number of rotatable bonds is 3. The van der Waals surface area contributed by atoms with Gasteiger partial charge in [-0.1, -0.05) is 6.92 Å². The van der Waals surface area contributed by atoms with Crippen molar-refractivity contribution < 1.29 is 28.2 Å². The molecule has 0 radical (unpaired) electrons. The van der Waals surface area contributed by atoms with Gasteiger partial charge < -0.3 is 20.1 Å². The van der Waals surface area contributed by atoms with E-state index in [1.165, 1.54) is 18.2 Å². The topological polar surface area (TPSA) is 76.6 Å².